The van der Waals surface area contributed by atoms with Crippen LogP contribution in [-0.4, -0.2) is 12.9 Å². The molecule has 0 aromatic heterocycles. The summed E-state index contributed by atoms with van der Waals surface area (Å²) < 4.78 is 11.4. The standard InChI is InChI=1S/C35H36ClN3O3/c1-20-13-23(19-42-26-11-9-25(41-6)10-12-26)22(3)27(14-20)32-28(18-37)34(38)39(29-15-24(36)8-7-21(29)2)30-16-35(4,5)17-31(40)33(30)32/h7-15,32H,16-17,19,38H2,1-6H3. The van der Waals surface area contributed by atoms with Gasteiger partial charge in [-0.25, -0.2) is 0 Å². The Kier molecular flexibility index (Phi) is 7.83. The Balaban J connectivity index is 1.66. The predicted octanol–water partition coefficient (Wildman–Crippen LogP) is 7.79. The van der Waals surface area contributed by atoms with Crippen molar-refractivity contribution in [1.82, 2.24) is 0 Å². The number of aryl methyl sites for hydroxylation is 2. The first-order chi connectivity index (χ1) is 19.9. The molecule has 3 aromatic rings. The average Bonchev–Trinajstić information content (AvgIpc) is 2.94. The molecule has 0 saturated heterocycles. The fourth-order valence-electron chi connectivity index (χ4n) is 6.16. The molecule has 0 bridgehead atoms. The second-order valence-electron chi connectivity index (χ2n) is 12.0. The van der Waals surface area contributed by atoms with Gasteiger partial charge in [0.15, 0.2) is 5.78 Å². The number of nitrogens with two attached hydrogens (primary N) is 1. The third kappa shape index (κ3) is 5.37. The van der Waals surface area contributed by atoms with E-state index in [0.717, 1.165) is 50.7 Å². The summed E-state index contributed by atoms with van der Waals surface area (Å²) >= 11 is 6.43. The number of allylic oxidation sites excluding steroid dienone is 3. The van der Waals surface area contributed by atoms with E-state index in [9.17, 15) is 10.1 Å². The van der Waals surface area contributed by atoms with Gasteiger partial charge in [-0.3, -0.25) is 9.69 Å². The quantitative estimate of drug-likeness (QED) is 0.319. The van der Waals surface area contributed by atoms with Gasteiger partial charge in [0.25, 0.3) is 0 Å². The molecule has 7 heteroatoms. The number of benzene rings is 3. The molecular formula is C35H36ClN3O3. The van der Waals surface area contributed by atoms with E-state index in [1.165, 1.54) is 0 Å². The minimum absolute atomic E-state index is 0.0353. The fraction of sp³-hybridized carbons (Fsp3) is 0.314. The molecule has 2 N–H and O–H groups in total. The van der Waals surface area contributed by atoms with Crippen LogP contribution in [0.1, 0.15) is 60.4 Å². The number of anilines is 1. The van der Waals surface area contributed by atoms with Crippen LogP contribution in [0.15, 0.2) is 77.3 Å². The van der Waals surface area contributed by atoms with Gasteiger partial charge in [-0.05, 0) is 91.3 Å². The largest absolute Gasteiger partial charge is 0.497 e. The third-order valence-corrected chi connectivity index (χ3v) is 8.49. The molecule has 0 radical (unpaired) electrons. The van der Waals surface area contributed by atoms with Crippen molar-refractivity contribution in [2.45, 2.75) is 60.0 Å². The first kappa shape index (κ1) is 29.3. The number of rotatable bonds is 6. The molecule has 42 heavy (non-hydrogen) atoms. The lowest BCUT2D eigenvalue weighted by Crippen LogP contribution is -2.42. The summed E-state index contributed by atoms with van der Waals surface area (Å²) in [5.74, 6) is 1.26. The van der Waals surface area contributed by atoms with Crippen LogP contribution in [0, 0.1) is 37.5 Å². The van der Waals surface area contributed by atoms with Crippen LogP contribution in [0.5, 0.6) is 11.5 Å². The highest BCUT2D eigenvalue weighted by Crippen LogP contribution is 2.51. The van der Waals surface area contributed by atoms with Crippen molar-refractivity contribution in [1.29, 1.82) is 5.26 Å². The van der Waals surface area contributed by atoms with E-state index in [1.54, 1.807) is 7.11 Å². The van der Waals surface area contributed by atoms with Gasteiger partial charge < -0.3 is 15.2 Å². The maximum Gasteiger partial charge on any atom is 0.162 e. The summed E-state index contributed by atoms with van der Waals surface area (Å²) in [7, 11) is 1.63. The zero-order valence-electron chi connectivity index (χ0n) is 25.0. The highest BCUT2D eigenvalue weighted by molar-refractivity contribution is 6.30. The van der Waals surface area contributed by atoms with Crippen molar-refractivity contribution < 1.29 is 14.3 Å². The number of carbonyl (C=O) groups excluding carboxylic acids is 1. The lowest BCUT2D eigenvalue weighted by atomic mass is 9.67. The second-order valence-corrected chi connectivity index (χ2v) is 12.5. The Morgan fingerprint density at radius 3 is 2.40 bits per heavy atom. The van der Waals surface area contributed by atoms with Crippen LogP contribution in [0.4, 0.5) is 5.69 Å². The third-order valence-electron chi connectivity index (χ3n) is 8.26. The van der Waals surface area contributed by atoms with Crippen LogP contribution in [0.2, 0.25) is 5.02 Å². The number of hydrogen-bond donors (Lipinski definition) is 1. The van der Waals surface area contributed by atoms with Crippen LogP contribution in [0.3, 0.4) is 0 Å². The molecule has 0 fully saturated rings. The molecule has 0 saturated carbocycles. The molecule has 0 spiro atoms. The van der Waals surface area contributed by atoms with E-state index in [1.807, 2.05) is 68.1 Å². The molecule has 2 aliphatic rings. The number of halogens is 1. The molecule has 1 unspecified atom stereocenters. The number of Topliss-reactive ketones (excluding diaryl/α,β-unsaturated/α-hetero) is 1. The molecule has 1 atom stereocenters. The van der Waals surface area contributed by atoms with Crippen molar-refractivity contribution in [2.24, 2.45) is 11.1 Å². The van der Waals surface area contributed by atoms with Gasteiger partial charge in [-0.1, -0.05) is 49.2 Å². The predicted molar refractivity (Wildman–Crippen MR) is 167 cm³/mol. The zero-order chi connectivity index (χ0) is 30.3. The molecule has 1 aliphatic heterocycles. The summed E-state index contributed by atoms with van der Waals surface area (Å²) in [6.07, 6.45) is 1.02. The van der Waals surface area contributed by atoms with Crippen molar-refractivity contribution in [2.75, 3.05) is 12.0 Å². The molecule has 6 nitrogen and oxygen atoms in total. The van der Waals surface area contributed by atoms with E-state index in [2.05, 4.69) is 32.0 Å². The number of ketones is 1. The summed E-state index contributed by atoms with van der Waals surface area (Å²) in [6, 6.07) is 19.6. The first-order valence-corrected chi connectivity index (χ1v) is 14.4. The van der Waals surface area contributed by atoms with Gasteiger partial charge in [0, 0.05) is 22.7 Å². The molecule has 1 heterocycles. The SMILES string of the molecule is COc1ccc(OCc2cc(C)cc(C3C(C#N)=C(N)N(c4cc(Cl)ccc4C)C4=C3C(=O)CC(C)(C)C4)c2C)cc1. The van der Waals surface area contributed by atoms with E-state index >= 15 is 0 Å². The molecule has 5 rings (SSSR count). The maximum absolute atomic E-state index is 14.1. The summed E-state index contributed by atoms with van der Waals surface area (Å²) in [5, 5.41) is 11.1. The van der Waals surface area contributed by atoms with E-state index in [0.29, 0.717) is 41.4 Å². The van der Waals surface area contributed by atoms with Crippen molar-refractivity contribution in [3.8, 4) is 17.6 Å². The highest BCUT2D eigenvalue weighted by Gasteiger charge is 2.45. The minimum atomic E-state index is -0.580. The van der Waals surface area contributed by atoms with Crippen LogP contribution >= 0.6 is 11.6 Å². The number of methoxy groups -OCH3 is 1. The topological polar surface area (TPSA) is 88.6 Å². The van der Waals surface area contributed by atoms with Gasteiger partial charge >= 0.3 is 0 Å². The van der Waals surface area contributed by atoms with Crippen molar-refractivity contribution in [3.63, 3.8) is 0 Å². The lowest BCUT2D eigenvalue weighted by molar-refractivity contribution is -0.118. The fourth-order valence-corrected chi connectivity index (χ4v) is 6.33. The van der Waals surface area contributed by atoms with Crippen molar-refractivity contribution >= 4 is 23.1 Å². The Bertz CT molecular complexity index is 1680. The molecule has 1 aliphatic carbocycles. The van der Waals surface area contributed by atoms with Gasteiger partial charge in [0.2, 0.25) is 0 Å². The molecule has 0 amide bonds. The maximum atomic E-state index is 14.1. The molecule has 216 valence electrons. The van der Waals surface area contributed by atoms with Gasteiger partial charge in [0.1, 0.15) is 23.9 Å². The first-order valence-electron chi connectivity index (χ1n) is 14.0. The van der Waals surface area contributed by atoms with E-state index in [4.69, 9.17) is 26.8 Å². The van der Waals surface area contributed by atoms with Gasteiger partial charge in [-0.2, -0.15) is 5.26 Å². The highest BCUT2D eigenvalue weighted by atomic mass is 35.5. The van der Waals surface area contributed by atoms with Gasteiger partial charge in [-0.15, -0.1) is 0 Å². The molecular weight excluding hydrogens is 546 g/mol. The second kappa shape index (κ2) is 11.2. The average molecular weight is 582 g/mol. The number of hydrogen-bond acceptors (Lipinski definition) is 6. The number of nitriles is 1. The zero-order valence-corrected chi connectivity index (χ0v) is 25.7. The normalized spacial score (nSPS) is 18.1. The Morgan fingerprint density at radius 2 is 1.74 bits per heavy atom. The van der Waals surface area contributed by atoms with Crippen LogP contribution in [0.25, 0.3) is 0 Å². The van der Waals surface area contributed by atoms with Gasteiger partial charge in [0.05, 0.1) is 30.4 Å². The van der Waals surface area contributed by atoms with Crippen LogP contribution < -0.4 is 20.1 Å². The summed E-state index contributed by atoms with van der Waals surface area (Å²) in [6.45, 7) is 10.5. The van der Waals surface area contributed by atoms with Crippen molar-refractivity contribution in [3.05, 3.63) is 110 Å². The van der Waals surface area contributed by atoms with Crippen LogP contribution in [-0.2, 0) is 11.4 Å². The number of carbonyl (C=O) groups is 1. The van der Waals surface area contributed by atoms with E-state index in [-0.39, 0.29) is 11.2 Å². The smallest absolute Gasteiger partial charge is 0.162 e. The number of ether oxygens (including phenoxy) is 2. The summed E-state index contributed by atoms with van der Waals surface area (Å²) in [5.41, 5.74) is 14.0. The minimum Gasteiger partial charge on any atom is -0.497 e. The Hall–Kier alpha value is -4.21. The molecule has 3 aromatic carbocycles. The monoisotopic (exact) mass is 581 g/mol. The van der Waals surface area contributed by atoms with E-state index < -0.39 is 5.92 Å². The Labute approximate surface area is 253 Å². The summed E-state index contributed by atoms with van der Waals surface area (Å²) in [4.78, 5) is 15.9. The lowest BCUT2D eigenvalue weighted by Gasteiger charge is -2.44. The number of nitrogens with zero attached hydrogens (tertiary/aromatic N) is 2. The Morgan fingerprint density at radius 1 is 1.05 bits per heavy atom.